The van der Waals surface area contributed by atoms with Gasteiger partial charge in [0.15, 0.2) is 5.78 Å². The van der Waals surface area contributed by atoms with Gasteiger partial charge < -0.3 is 4.74 Å². The fourth-order valence-corrected chi connectivity index (χ4v) is 3.15. The first-order valence-corrected chi connectivity index (χ1v) is 8.74. The number of halogens is 1. The lowest BCUT2D eigenvalue weighted by Crippen LogP contribution is -2.04. The molecular weight excluding hydrogens is 348 g/mol. The highest BCUT2D eigenvalue weighted by molar-refractivity contribution is 9.10. The van der Waals surface area contributed by atoms with Gasteiger partial charge in [0, 0.05) is 10.9 Å². The van der Waals surface area contributed by atoms with Crippen LogP contribution in [0.2, 0.25) is 0 Å². The molecule has 0 saturated heterocycles. The highest BCUT2D eigenvalue weighted by Crippen LogP contribution is 2.29. The van der Waals surface area contributed by atoms with E-state index in [1.165, 1.54) is 16.9 Å². The van der Waals surface area contributed by atoms with E-state index < -0.39 is 0 Å². The highest BCUT2D eigenvalue weighted by atomic mass is 79.9. The number of ether oxygens (including phenoxy) is 1. The summed E-state index contributed by atoms with van der Waals surface area (Å²) in [6.07, 6.45) is 1.28. The van der Waals surface area contributed by atoms with Crippen molar-refractivity contribution in [1.82, 2.24) is 0 Å². The van der Waals surface area contributed by atoms with Crippen LogP contribution >= 0.6 is 27.3 Å². The van der Waals surface area contributed by atoms with Crippen molar-refractivity contribution in [2.24, 2.45) is 0 Å². The van der Waals surface area contributed by atoms with Crippen molar-refractivity contribution in [2.45, 2.75) is 32.6 Å². The summed E-state index contributed by atoms with van der Waals surface area (Å²) in [6.45, 7) is 4.86. The maximum absolute atomic E-state index is 11.9. The van der Waals surface area contributed by atoms with Gasteiger partial charge in [-0.2, -0.15) is 0 Å². The molecule has 1 aromatic heterocycles. The zero-order chi connectivity index (χ0) is 15.2. The summed E-state index contributed by atoms with van der Waals surface area (Å²) in [4.78, 5) is 12.7. The molecule has 0 aliphatic rings. The molecule has 2 aromatic rings. The molecule has 0 aliphatic carbocycles. The van der Waals surface area contributed by atoms with Crippen LogP contribution in [-0.2, 0) is 0 Å². The van der Waals surface area contributed by atoms with Crippen LogP contribution in [0.3, 0.4) is 0 Å². The van der Waals surface area contributed by atoms with Crippen molar-refractivity contribution < 1.29 is 9.53 Å². The number of thiophene rings is 1. The zero-order valence-corrected chi connectivity index (χ0v) is 14.7. The standard InChI is InChI=1S/C17H19BrO2S/c1-12(2)14-11-13(18)7-8-16(14)20-9-3-5-15(19)17-6-4-10-21-17/h4,6-8,10-12H,3,5,9H2,1-2H3. The van der Waals surface area contributed by atoms with E-state index in [9.17, 15) is 4.79 Å². The number of rotatable bonds is 7. The molecule has 0 aliphatic heterocycles. The van der Waals surface area contributed by atoms with Gasteiger partial charge in [-0.15, -0.1) is 11.3 Å². The van der Waals surface area contributed by atoms with Crippen molar-refractivity contribution in [1.29, 1.82) is 0 Å². The normalized spacial score (nSPS) is 10.9. The van der Waals surface area contributed by atoms with E-state index in [2.05, 4.69) is 35.8 Å². The van der Waals surface area contributed by atoms with Gasteiger partial charge >= 0.3 is 0 Å². The van der Waals surface area contributed by atoms with E-state index in [4.69, 9.17) is 4.74 Å². The number of ketones is 1. The van der Waals surface area contributed by atoms with Gasteiger partial charge in [0.2, 0.25) is 0 Å². The van der Waals surface area contributed by atoms with Crippen LogP contribution < -0.4 is 4.74 Å². The third-order valence-electron chi connectivity index (χ3n) is 3.20. The lowest BCUT2D eigenvalue weighted by molar-refractivity contribution is 0.0977. The molecule has 21 heavy (non-hydrogen) atoms. The molecule has 1 heterocycles. The Balaban J connectivity index is 1.85. The van der Waals surface area contributed by atoms with Crippen molar-refractivity contribution in [2.75, 3.05) is 6.61 Å². The van der Waals surface area contributed by atoms with Crippen LogP contribution in [0, 0.1) is 0 Å². The molecule has 0 N–H and O–H groups in total. The van der Waals surface area contributed by atoms with Crippen LogP contribution in [0.15, 0.2) is 40.2 Å². The minimum absolute atomic E-state index is 0.202. The number of hydrogen-bond donors (Lipinski definition) is 0. The summed E-state index contributed by atoms with van der Waals surface area (Å²) in [7, 11) is 0. The zero-order valence-electron chi connectivity index (χ0n) is 12.3. The topological polar surface area (TPSA) is 26.3 Å². The van der Waals surface area contributed by atoms with Crippen LogP contribution in [0.1, 0.15) is 47.8 Å². The number of carbonyl (C=O) groups excluding carboxylic acids is 1. The number of carbonyl (C=O) groups is 1. The van der Waals surface area contributed by atoms with E-state index in [-0.39, 0.29) is 5.78 Å². The Morgan fingerprint density at radius 1 is 1.33 bits per heavy atom. The van der Waals surface area contributed by atoms with Gasteiger partial charge in [0.05, 0.1) is 11.5 Å². The number of hydrogen-bond acceptors (Lipinski definition) is 3. The molecule has 2 rings (SSSR count). The maximum atomic E-state index is 11.9. The summed E-state index contributed by atoms with van der Waals surface area (Å²) < 4.78 is 6.91. The van der Waals surface area contributed by atoms with E-state index in [1.807, 2.05) is 29.6 Å². The molecule has 0 unspecified atom stereocenters. The Hall–Kier alpha value is -1.13. The fourth-order valence-electron chi connectivity index (χ4n) is 2.08. The van der Waals surface area contributed by atoms with Crippen LogP contribution in [0.5, 0.6) is 5.75 Å². The van der Waals surface area contributed by atoms with Crippen LogP contribution in [0.25, 0.3) is 0 Å². The number of Topliss-reactive ketones (excluding diaryl/α,β-unsaturated/α-hetero) is 1. The fraction of sp³-hybridized carbons (Fsp3) is 0.353. The van der Waals surface area contributed by atoms with Gasteiger partial charge in [0.1, 0.15) is 5.75 Å². The molecule has 0 radical (unpaired) electrons. The monoisotopic (exact) mass is 366 g/mol. The third kappa shape index (κ3) is 4.68. The Morgan fingerprint density at radius 2 is 2.14 bits per heavy atom. The molecule has 0 saturated carbocycles. The van der Waals surface area contributed by atoms with Gasteiger partial charge in [-0.05, 0) is 47.5 Å². The molecule has 0 atom stereocenters. The second-order valence-electron chi connectivity index (χ2n) is 5.19. The third-order valence-corrected chi connectivity index (χ3v) is 4.60. The summed E-state index contributed by atoms with van der Waals surface area (Å²) in [5.74, 6) is 1.52. The summed E-state index contributed by atoms with van der Waals surface area (Å²) in [5.41, 5.74) is 1.19. The lowest BCUT2D eigenvalue weighted by Gasteiger charge is -2.14. The minimum atomic E-state index is 0.202. The van der Waals surface area contributed by atoms with Crippen molar-refractivity contribution in [3.05, 3.63) is 50.6 Å². The Morgan fingerprint density at radius 3 is 2.81 bits per heavy atom. The van der Waals surface area contributed by atoms with E-state index in [1.54, 1.807) is 0 Å². The SMILES string of the molecule is CC(C)c1cc(Br)ccc1OCCCC(=O)c1cccs1. The minimum Gasteiger partial charge on any atom is -0.493 e. The van der Waals surface area contributed by atoms with Crippen molar-refractivity contribution >= 4 is 33.0 Å². The van der Waals surface area contributed by atoms with Crippen LogP contribution in [-0.4, -0.2) is 12.4 Å². The molecule has 112 valence electrons. The molecule has 1 aromatic carbocycles. The predicted octanol–water partition coefficient (Wildman–Crippen LogP) is 5.68. The Labute approximate surface area is 138 Å². The first-order chi connectivity index (χ1) is 10.1. The molecular formula is C17H19BrO2S. The van der Waals surface area contributed by atoms with Gasteiger partial charge in [-0.25, -0.2) is 0 Å². The Kier molecular flexibility index (Phi) is 6.00. The molecule has 0 bridgehead atoms. The second kappa shape index (κ2) is 7.76. The molecule has 4 heteroatoms. The smallest absolute Gasteiger partial charge is 0.172 e. The quantitative estimate of drug-likeness (QED) is 0.465. The summed E-state index contributed by atoms with van der Waals surface area (Å²) in [6, 6.07) is 9.85. The van der Waals surface area contributed by atoms with E-state index in [0.29, 0.717) is 18.9 Å². The van der Waals surface area contributed by atoms with E-state index in [0.717, 1.165) is 21.5 Å². The molecule has 0 fully saturated rings. The molecule has 2 nitrogen and oxygen atoms in total. The first kappa shape index (κ1) is 16.2. The molecule has 0 spiro atoms. The highest BCUT2D eigenvalue weighted by Gasteiger charge is 2.10. The Bertz CT molecular complexity index is 591. The van der Waals surface area contributed by atoms with Gasteiger partial charge in [-0.1, -0.05) is 35.8 Å². The number of benzene rings is 1. The average molecular weight is 367 g/mol. The average Bonchev–Trinajstić information content (AvgIpc) is 2.98. The lowest BCUT2D eigenvalue weighted by atomic mass is 10.0. The van der Waals surface area contributed by atoms with Gasteiger partial charge in [-0.3, -0.25) is 4.79 Å². The maximum Gasteiger partial charge on any atom is 0.172 e. The van der Waals surface area contributed by atoms with E-state index >= 15 is 0 Å². The van der Waals surface area contributed by atoms with Crippen molar-refractivity contribution in [3.8, 4) is 5.75 Å². The predicted molar refractivity (Wildman–Crippen MR) is 91.6 cm³/mol. The first-order valence-electron chi connectivity index (χ1n) is 7.07. The van der Waals surface area contributed by atoms with Crippen LogP contribution in [0.4, 0.5) is 0 Å². The molecule has 0 amide bonds. The largest absolute Gasteiger partial charge is 0.493 e. The second-order valence-corrected chi connectivity index (χ2v) is 7.05. The summed E-state index contributed by atoms with van der Waals surface area (Å²) >= 11 is 4.99. The summed E-state index contributed by atoms with van der Waals surface area (Å²) in [5, 5.41) is 1.93. The van der Waals surface area contributed by atoms with Gasteiger partial charge in [0.25, 0.3) is 0 Å². The van der Waals surface area contributed by atoms with Crippen molar-refractivity contribution in [3.63, 3.8) is 0 Å².